The third-order valence-electron chi connectivity index (χ3n) is 5.73. The molecule has 0 aromatic heterocycles. The van der Waals surface area contributed by atoms with Gasteiger partial charge in [-0.05, 0) is 49.5 Å². The standard InChI is InChI=1S/C19H28N2O.ClH/c1-3-14(15-6-4-13(2)5-7-15)10-19(22)21-11-16-8-9-18(20)17(16)12-21;/h4-7,14,16-18H,3,8-12,20H2,1-2H3;1H. The van der Waals surface area contributed by atoms with E-state index in [2.05, 4.69) is 43.0 Å². The zero-order valence-corrected chi connectivity index (χ0v) is 15.0. The van der Waals surface area contributed by atoms with Crippen molar-refractivity contribution in [2.45, 2.75) is 51.5 Å². The summed E-state index contributed by atoms with van der Waals surface area (Å²) in [6.45, 7) is 6.09. The molecule has 23 heavy (non-hydrogen) atoms. The van der Waals surface area contributed by atoms with Crippen molar-refractivity contribution in [3.05, 3.63) is 35.4 Å². The van der Waals surface area contributed by atoms with Crippen molar-refractivity contribution < 1.29 is 4.79 Å². The van der Waals surface area contributed by atoms with Gasteiger partial charge in [-0.1, -0.05) is 36.8 Å². The minimum absolute atomic E-state index is 0. The van der Waals surface area contributed by atoms with E-state index in [9.17, 15) is 4.79 Å². The van der Waals surface area contributed by atoms with Crippen LogP contribution in [-0.2, 0) is 4.79 Å². The second-order valence-corrected chi connectivity index (χ2v) is 7.18. The van der Waals surface area contributed by atoms with Crippen LogP contribution in [0.5, 0.6) is 0 Å². The van der Waals surface area contributed by atoms with E-state index >= 15 is 0 Å². The number of likely N-dealkylation sites (tertiary alicyclic amines) is 1. The van der Waals surface area contributed by atoms with Crippen LogP contribution in [-0.4, -0.2) is 29.9 Å². The molecule has 0 bridgehead atoms. The van der Waals surface area contributed by atoms with Gasteiger partial charge in [0.05, 0.1) is 0 Å². The van der Waals surface area contributed by atoms with Gasteiger partial charge in [0.2, 0.25) is 5.91 Å². The lowest BCUT2D eigenvalue weighted by molar-refractivity contribution is -0.130. The molecule has 1 amide bonds. The van der Waals surface area contributed by atoms with Crippen LogP contribution >= 0.6 is 12.4 Å². The van der Waals surface area contributed by atoms with E-state index in [1.54, 1.807) is 0 Å². The summed E-state index contributed by atoms with van der Waals surface area (Å²) in [4.78, 5) is 14.8. The third-order valence-corrected chi connectivity index (χ3v) is 5.73. The number of fused-ring (bicyclic) bond motifs is 1. The second kappa shape index (κ2) is 7.67. The average Bonchev–Trinajstić information content (AvgIpc) is 3.08. The first kappa shape index (κ1) is 18.3. The molecule has 3 rings (SSSR count). The molecule has 3 nitrogen and oxygen atoms in total. The van der Waals surface area contributed by atoms with E-state index in [1.165, 1.54) is 17.5 Å². The first-order chi connectivity index (χ1) is 10.6. The SMILES string of the molecule is CCC(CC(=O)N1CC2CCC(N)C2C1)c1ccc(C)cc1.Cl. The number of carbonyl (C=O) groups excluding carboxylic acids is 1. The zero-order valence-electron chi connectivity index (χ0n) is 14.2. The number of nitrogens with zero attached hydrogens (tertiary/aromatic N) is 1. The van der Waals surface area contributed by atoms with Crippen molar-refractivity contribution in [3.8, 4) is 0 Å². The summed E-state index contributed by atoms with van der Waals surface area (Å²) < 4.78 is 0. The molecular weight excluding hydrogens is 308 g/mol. The number of nitrogens with two attached hydrogens (primary N) is 1. The Morgan fingerprint density at radius 2 is 1.96 bits per heavy atom. The highest BCUT2D eigenvalue weighted by Gasteiger charge is 2.42. The average molecular weight is 337 g/mol. The smallest absolute Gasteiger partial charge is 0.223 e. The predicted molar refractivity (Wildman–Crippen MR) is 96.8 cm³/mol. The molecule has 4 unspecified atom stereocenters. The minimum Gasteiger partial charge on any atom is -0.342 e. The van der Waals surface area contributed by atoms with Gasteiger partial charge in [-0.2, -0.15) is 0 Å². The summed E-state index contributed by atoms with van der Waals surface area (Å²) in [5.41, 5.74) is 8.74. The summed E-state index contributed by atoms with van der Waals surface area (Å²) >= 11 is 0. The topological polar surface area (TPSA) is 46.3 Å². The molecule has 0 radical (unpaired) electrons. The normalized spacial score (nSPS) is 27.4. The number of aryl methyl sites for hydroxylation is 1. The molecule has 1 aliphatic carbocycles. The summed E-state index contributed by atoms with van der Waals surface area (Å²) in [5.74, 6) is 1.85. The molecule has 1 heterocycles. The van der Waals surface area contributed by atoms with Crippen LogP contribution in [0, 0.1) is 18.8 Å². The van der Waals surface area contributed by atoms with Gasteiger partial charge in [-0.3, -0.25) is 4.79 Å². The van der Waals surface area contributed by atoms with Crippen molar-refractivity contribution in [1.82, 2.24) is 4.90 Å². The van der Waals surface area contributed by atoms with Gasteiger partial charge in [0.25, 0.3) is 0 Å². The van der Waals surface area contributed by atoms with Gasteiger partial charge in [-0.15, -0.1) is 12.4 Å². The molecule has 1 saturated heterocycles. The van der Waals surface area contributed by atoms with Crippen LogP contribution in [0.2, 0.25) is 0 Å². The molecule has 2 N–H and O–H groups in total. The van der Waals surface area contributed by atoms with Gasteiger partial charge in [0.15, 0.2) is 0 Å². The lowest BCUT2D eigenvalue weighted by Gasteiger charge is -2.22. The number of halogens is 1. The number of carbonyl (C=O) groups is 1. The maximum atomic E-state index is 12.7. The van der Waals surface area contributed by atoms with Crippen LogP contribution in [0.3, 0.4) is 0 Å². The largest absolute Gasteiger partial charge is 0.342 e. The van der Waals surface area contributed by atoms with Crippen LogP contribution in [0.25, 0.3) is 0 Å². The summed E-state index contributed by atoms with van der Waals surface area (Å²) in [6.07, 6.45) is 3.98. The Labute approximate surface area is 146 Å². The molecule has 4 heteroatoms. The Bertz CT molecular complexity index is 531. The van der Waals surface area contributed by atoms with E-state index < -0.39 is 0 Å². The molecule has 1 aromatic carbocycles. The van der Waals surface area contributed by atoms with Crippen LogP contribution < -0.4 is 5.73 Å². The van der Waals surface area contributed by atoms with Gasteiger partial charge in [0, 0.05) is 25.6 Å². The van der Waals surface area contributed by atoms with Crippen molar-refractivity contribution in [3.63, 3.8) is 0 Å². The maximum absolute atomic E-state index is 12.7. The van der Waals surface area contributed by atoms with Crippen molar-refractivity contribution >= 4 is 18.3 Å². The summed E-state index contributed by atoms with van der Waals surface area (Å²) in [5, 5.41) is 0. The first-order valence-corrected chi connectivity index (χ1v) is 8.68. The maximum Gasteiger partial charge on any atom is 0.223 e. The van der Waals surface area contributed by atoms with Gasteiger partial charge in [0.1, 0.15) is 0 Å². The third kappa shape index (κ3) is 3.89. The molecule has 0 spiro atoms. The fourth-order valence-corrected chi connectivity index (χ4v) is 4.19. The van der Waals surface area contributed by atoms with Crippen molar-refractivity contribution in [1.29, 1.82) is 0 Å². The number of amides is 1. The Kier molecular flexibility index (Phi) is 6.10. The second-order valence-electron chi connectivity index (χ2n) is 7.18. The van der Waals surface area contributed by atoms with E-state index in [-0.39, 0.29) is 12.4 Å². The van der Waals surface area contributed by atoms with Gasteiger partial charge in [-0.25, -0.2) is 0 Å². The number of hydrogen-bond acceptors (Lipinski definition) is 2. The molecule has 1 aromatic rings. The molecule has 4 atom stereocenters. The minimum atomic E-state index is 0. The zero-order chi connectivity index (χ0) is 15.7. The van der Waals surface area contributed by atoms with E-state index in [0.29, 0.717) is 36.1 Å². The first-order valence-electron chi connectivity index (χ1n) is 8.68. The highest BCUT2D eigenvalue weighted by atomic mass is 35.5. The van der Waals surface area contributed by atoms with E-state index in [4.69, 9.17) is 5.73 Å². The molecule has 1 aliphatic heterocycles. The van der Waals surface area contributed by atoms with Crippen LogP contribution in [0.15, 0.2) is 24.3 Å². The number of benzene rings is 1. The van der Waals surface area contributed by atoms with Crippen molar-refractivity contribution in [2.75, 3.05) is 13.1 Å². The lowest BCUT2D eigenvalue weighted by Crippen LogP contribution is -2.34. The number of rotatable bonds is 4. The Hall–Kier alpha value is -1.06. The van der Waals surface area contributed by atoms with Crippen LogP contribution in [0.1, 0.15) is 49.7 Å². The molecule has 2 aliphatic rings. The fourth-order valence-electron chi connectivity index (χ4n) is 4.19. The summed E-state index contributed by atoms with van der Waals surface area (Å²) in [7, 11) is 0. The molecular formula is C19H29ClN2O. The van der Waals surface area contributed by atoms with Gasteiger partial charge < -0.3 is 10.6 Å². The Morgan fingerprint density at radius 1 is 1.26 bits per heavy atom. The Morgan fingerprint density at radius 3 is 2.57 bits per heavy atom. The highest BCUT2D eigenvalue weighted by Crippen LogP contribution is 2.38. The van der Waals surface area contributed by atoms with Crippen molar-refractivity contribution in [2.24, 2.45) is 17.6 Å². The Balaban J connectivity index is 0.00000192. The van der Waals surface area contributed by atoms with E-state index in [0.717, 1.165) is 25.9 Å². The van der Waals surface area contributed by atoms with Gasteiger partial charge >= 0.3 is 0 Å². The van der Waals surface area contributed by atoms with Crippen LogP contribution in [0.4, 0.5) is 0 Å². The predicted octanol–water partition coefficient (Wildman–Crippen LogP) is 3.50. The molecule has 1 saturated carbocycles. The van der Waals surface area contributed by atoms with E-state index in [1.807, 2.05) is 0 Å². The molecule has 128 valence electrons. The highest BCUT2D eigenvalue weighted by molar-refractivity contribution is 5.85. The lowest BCUT2D eigenvalue weighted by atomic mass is 9.92. The quantitative estimate of drug-likeness (QED) is 0.914. The number of hydrogen-bond donors (Lipinski definition) is 1. The monoisotopic (exact) mass is 336 g/mol. The fraction of sp³-hybridized carbons (Fsp3) is 0.632. The molecule has 2 fully saturated rings. The summed E-state index contributed by atoms with van der Waals surface area (Å²) in [6, 6.07) is 8.93.